The van der Waals surface area contributed by atoms with Gasteiger partial charge in [-0.1, -0.05) is 29.8 Å². The maximum Gasteiger partial charge on any atom is 0.183 e. The van der Waals surface area contributed by atoms with Crippen LogP contribution in [0.5, 0.6) is 0 Å². The van der Waals surface area contributed by atoms with Gasteiger partial charge in [0.05, 0.1) is 22.8 Å². The lowest BCUT2D eigenvalue weighted by atomic mass is 10.0. The summed E-state index contributed by atoms with van der Waals surface area (Å²) in [6.45, 7) is 1.88. The Labute approximate surface area is 146 Å². The molecule has 0 bridgehead atoms. The second kappa shape index (κ2) is 6.25. The summed E-state index contributed by atoms with van der Waals surface area (Å²) in [5.41, 5.74) is 0.407. The topological polar surface area (TPSA) is 67.2 Å². The van der Waals surface area contributed by atoms with E-state index in [0.29, 0.717) is 5.56 Å². The molecule has 4 nitrogen and oxygen atoms in total. The molecule has 25 heavy (non-hydrogen) atoms. The van der Waals surface area contributed by atoms with Crippen LogP contribution in [-0.4, -0.2) is 27.4 Å². The first-order chi connectivity index (χ1) is 11.9. The van der Waals surface area contributed by atoms with E-state index >= 15 is 0 Å². The average Bonchev–Trinajstić information content (AvgIpc) is 3.26. The standard InChI is InChI=1S/C19H18FNO3S/c1-13-3-9-16(10-4-13)25(22,23)18-17(19(18,11-21)12-24-2)14-5-7-15(20)8-6-14/h3-10,17-18H,12H2,1-2H3/t17-,18-,19+/m0/s1. The Morgan fingerprint density at radius 3 is 2.28 bits per heavy atom. The fourth-order valence-corrected chi connectivity index (χ4v) is 5.76. The lowest BCUT2D eigenvalue weighted by Gasteiger charge is -2.08. The normalized spacial score (nSPS) is 25.4. The molecule has 0 N–H and O–H groups in total. The Bertz CT molecular complexity index is 917. The molecule has 3 rings (SSSR count). The maximum absolute atomic E-state index is 13.2. The summed E-state index contributed by atoms with van der Waals surface area (Å²) in [6.07, 6.45) is 0. The Kier molecular flexibility index (Phi) is 4.40. The molecule has 0 unspecified atom stereocenters. The van der Waals surface area contributed by atoms with Gasteiger partial charge >= 0.3 is 0 Å². The van der Waals surface area contributed by atoms with Crippen molar-refractivity contribution < 1.29 is 17.5 Å². The van der Waals surface area contributed by atoms with Gasteiger partial charge in [0.25, 0.3) is 0 Å². The van der Waals surface area contributed by atoms with Crippen LogP contribution in [0.25, 0.3) is 0 Å². The third kappa shape index (κ3) is 2.84. The highest BCUT2D eigenvalue weighted by Crippen LogP contribution is 2.63. The minimum absolute atomic E-state index is 0.00129. The zero-order valence-electron chi connectivity index (χ0n) is 13.9. The van der Waals surface area contributed by atoms with Crippen molar-refractivity contribution in [1.29, 1.82) is 5.26 Å². The molecule has 1 aliphatic carbocycles. The molecule has 0 amide bonds. The van der Waals surface area contributed by atoms with Crippen LogP contribution in [0, 0.1) is 29.5 Å². The molecule has 1 aliphatic rings. The van der Waals surface area contributed by atoms with Crippen molar-refractivity contribution >= 4 is 9.84 Å². The smallest absolute Gasteiger partial charge is 0.183 e. The summed E-state index contributed by atoms with van der Waals surface area (Å²) in [5, 5.41) is 8.81. The zero-order chi connectivity index (χ0) is 18.2. The van der Waals surface area contributed by atoms with Gasteiger partial charge in [-0.2, -0.15) is 5.26 Å². The fraction of sp³-hybridized carbons (Fsp3) is 0.316. The number of ether oxygens (including phenoxy) is 1. The summed E-state index contributed by atoms with van der Waals surface area (Å²) < 4.78 is 44.6. The van der Waals surface area contributed by atoms with Gasteiger partial charge in [0.1, 0.15) is 11.2 Å². The van der Waals surface area contributed by atoms with Crippen LogP contribution in [-0.2, 0) is 14.6 Å². The van der Waals surface area contributed by atoms with E-state index in [9.17, 15) is 18.1 Å². The quantitative estimate of drug-likeness (QED) is 0.822. The number of rotatable bonds is 5. The van der Waals surface area contributed by atoms with E-state index < -0.39 is 32.2 Å². The molecule has 3 atom stereocenters. The first kappa shape index (κ1) is 17.6. The van der Waals surface area contributed by atoms with Gasteiger partial charge in [-0.25, -0.2) is 12.8 Å². The van der Waals surface area contributed by atoms with Crippen molar-refractivity contribution in [1.82, 2.24) is 0 Å². The molecule has 2 aromatic carbocycles. The number of hydrogen-bond acceptors (Lipinski definition) is 4. The third-order valence-electron chi connectivity index (χ3n) is 4.76. The van der Waals surface area contributed by atoms with Crippen LogP contribution in [0.1, 0.15) is 17.0 Å². The summed E-state index contributed by atoms with van der Waals surface area (Å²) >= 11 is 0. The molecule has 6 heteroatoms. The summed E-state index contributed by atoms with van der Waals surface area (Å²) in [6, 6.07) is 14.3. The van der Waals surface area contributed by atoms with Gasteiger partial charge < -0.3 is 4.74 Å². The molecular weight excluding hydrogens is 341 g/mol. The summed E-state index contributed by atoms with van der Waals surface area (Å²) in [5.74, 6) is -0.957. The van der Waals surface area contributed by atoms with Gasteiger partial charge in [0, 0.05) is 13.0 Å². The van der Waals surface area contributed by atoms with Crippen molar-refractivity contribution in [3.8, 4) is 6.07 Å². The number of nitrogens with zero attached hydrogens (tertiary/aromatic N) is 1. The number of hydrogen-bond donors (Lipinski definition) is 0. The van der Waals surface area contributed by atoms with Crippen molar-refractivity contribution in [2.45, 2.75) is 23.0 Å². The van der Waals surface area contributed by atoms with E-state index in [-0.39, 0.29) is 11.5 Å². The SMILES string of the molecule is COC[C@]1(C#N)[C@@H](c2ccc(F)cc2)[C@@H]1S(=O)(=O)c1ccc(C)cc1. The maximum atomic E-state index is 13.2. The largest absolute Gasteiger partial charge is 0.383 e. The second-order valence-corrected chi connectivity index (χ2v) is 8.46. The van der Waals surface area contributed by atoms with Crippen LogP contribution < -0.4 is 0 Å². The number of methoxy groups -OCH3 is 1. The van der Waals surface area contributed by atoms with Gasteiger partial charge in [0.15, 0.2) is 9.84 Å². The van der Waals surface area contributed by atoms with Crippen LogP contribution in [0.4, 0.5) is 4.39 Å². The highest BCUT2D eigenvalue weighted by Gasteiger charge is 2.72. The molecule has 0 spiro atoms. The molecule has 1 fully saturated rings. The minimum Gasteiger partial charge on any atom is -0.383 e. The molecular formula is C19H18FNO3S. The molecule has 130 valence electrons. The number of nitriles is 1. The first-order valence-corrected chi connectivity index (χ1v) is 9.37. The predicted molar refractivity (Wildman–Crippen MR) is 91.2 cm³/mol. The van der Waals surface area contributed by atoms with Crippen LogP contribution in [0.3, 0.4) is 0 Å². The van der Waals surface area contributed by atoms with E-state index in [1.165, 1.54) is 31.4 Å². The van der Waals surface area contributed by atoms with Gasteiger partial charge in [-0.15, -0.1) is 0 Å². The van der Waals surface area contributed by atoms with Gasteiger partial charge in [-0.05, 0) is 36.8 Å². The molecule has 0 radical (unpaired) electrons. The van der Waals surface area contributed by atoms with E-state index in [1.54, 1.807) is 24.3 Å². The van der Waals surface area contributed by atoms with E-state index in [2.05, 4.69) is 6.07 Å². The molecule has 2 aromatic rings. The lowest BCUT2D eigenvalue weighted by molar-refractivity contribution is 0.162. The molecule has 1 saturated carbocycles. The predicted octanol–water partition coefficient (Wildman–Crippen LogP) is 3.23. The highest BCUT2D eigenvalue weighted by atomic mass is 32.2. The average molecular weight is 359 g/mol. The van der Waals surface area contributed by atoms with E-state index in [1.807, 2.05) is 6.92 Å². The Morgan fingerprint density at radius 2 is 1.76 bits per heavy atom. The van der Waals surface area contributed by atoms with Crippen molar-refractivity contribution in [3.63, 3.8) is 0 Å². The third-order valence-corrected chi connectivity index (χ3v) is 7.05. The van der Waals surface area contributed by atoms with Crippen LogP contribution in [0.15, 0.2) is 53.4 Å². The molecule has 0 heterocycles. The Balaban J connectivity index is 2.07. The van der Waals surface area contributed by atoms with Crippen molar-refractivity contribution in [2.75, 3.05) is 13.7 Å². The molecule has 0 saturated heterocycles. The fourth-order valence-electron chi connectivity index (χ4n) is 3.45. The van der Waals surface area contributed by atoms with E-state index in [4.69, 9.17) is 4.74 Å². The number of benzene rings is 2. The monoisotopic (exact) mass is 359 g/mol. The van der Waals surface area contributed by atoms with Crippen molar-refractivity contribution in [3.05, 3.63) is 65.5 Å². The molecule has 0 aliphatic heterocycles. The van der Waals surface area contributed by atoms with E-state index in [0.717, 1.165) is 5.56 Å². The highest BCUT2D eigenvalue weighted by molar-refractivity contribution is 7.92. The minimum atomic E-state index is -3.73. The first-order valence-electron chi connectivity index (χ1n) is 7.83. The van der Waals surface area contributed by atoms with Gasteiger partial charge in [-0.3, -0.25) is 0 Å². The summed E-state index contributed by atoms with van der Waals surface area (Å²) in [7, 11) is -2.29. The Morgan fingerprint density at radius 1 is 1.16 bits per heavy atom. The number of aryl methyl sites for hydroxylation is 1. The molecule has 0 aromatic heterocycles. The Hall–Kier alpha value is -2.23. The zero-order valence-corrected chi connectivity index (χ0v) is 14.8. The van der Waals surface area contributed by atoms with Gasteiger partial charge in [0.2, 0.25) is 0 Å². The van der Waals surface area contributed by atoms with Crippen molar-refractivity contribution in [2.24, 2.45) is 5.41 Å². The summed E-state index contributed by atoms with van der Waals surface area (Å²) in [4.78, 5) is 0.184. The number of sulfone groups is 1. The second-order valence-electron chi connectivity index (χ2n) is 6.39. The number of halogens is 1. The van der Waals surface area contributed by atoms with Crippen LogP contribution in [0.2, 0.25) is 0 Å². The lowest BCUT2D eigenvalue weighted by Crippen LogP contribution is -2.19. The van der Waals surface area contributed by atoms with Crippen LogP contribution >= 0.6 is 0 Å².